The monoisotopic (exact) mass is 277 g/mol. The molecule has 1 aromatic rings. The molecule has 20 heavy (non-hydrogen) atoms. The van der Waals surface area contributed by atoms with Crippen molar-refractivity contribution < 1.29 is 0 Å². The summed E-state index contributed by atoms with van der Waals surface area (Å²) < 4.78 is 2.00. The number of hydrogen-bond acceptors (Lipinski definition) is 4. The number of piperidine rings is 1. The van der Waals surface area contributed by atoms with Crippen LogP contribution in [0.1, 0.15) is 51.4 Å². The number of rotatable bonds is 4. The van der Waals surface area contributed by atoms with Gasteiger partial charge in [0.25, 0.3) is 0 Å². The van der Waals surface area contributed by atoms with E-state index in [0.717, 1.165) is 24.3 Å². The Morgan fingerprint density at radius 1 is 1.30 bits per heavy atom. The van der Waals surface area contributed by atoms with Crippen molar-refractivity contribution in [2.45, 2.75) is 70.1 Å². The standard InChI is InChI=1S/C15H27N5/c1-10(2)20-15(17-9-18-20)8-14(16)11-6-12-4-5-13(7-11)19(12)3/h9-14H,4-8,16H2,1-3H3. The first kappa shape index (κ1) is 14.0. The Kier molecular flexibility index (Phi) is 3.82. The molecule has 1 aromatic heterocycles. The van der Waals surface area contributed by atoms with Crippen molar-refractivity contribution in [3.8, 4) is 0 Å². The van der Waals surface area contributed by atoms with Crippen LogP contribution in [0.5, 0.6) is 0 Å². The second kappa shape index (κ2) is 5.45. The fraction of sp³-hybridized carbons (Fsp3) is 0.867. The molecule has 0 saturated carbocycles. The Hall–Kier alpha value is -0.940. The van der Waals surface area contributed by atoms with Crippen LogP contribution in [0, 0.1) is 5.92 Å². The van der Waals surface area contributed by atoms with E-state index in [1.807, 2.05) is 4.68 Å². The summed E-state index contributed by atoms with van der Waals surface area (Å²) >= 11 is 0. The highest BCUT2D eigenvalue weighted by Gasteiger charge is 2.40. The molecule has 3 rings (SSSR count). The van der Waals surface area contributed by atoms with Gasteiger partial charge in [-0.25, -0.2) is 9.67 Å². The third kappa shape index (κ3) is 2.49. The molecule has 2 fully saturated rings. The molecule has 3 atom stereocenters. The Labute approximate surface area is 121 Å². The molecule has 0 spiro atoms. The van der Waals surface area contributed by atoms with E-state index >= 15 is 0 Å². The molecule has 0 aliphatic carbocycles. The smallest absolute Gasteiger partial charge is 0.138 e. The van der Waals surface area contributed by atoms with Crippen LogP contribution in [-0.4, -0.2) is 44.8 Å². The van der Waals surface area contributed by atoms with Crippen molar-refractivity contribution in [3.63, 3.8) is 0 Å². The van der Waals surface area contributed by atoms with Gasteiger partial charge in [0.15, 0.2) is 0 Å². The minimum Gasteiger partial charge on any atom is -0.327 e. The lowest BCUT2D eigenvalue weighted by atomic mass is 9.84. The van der Waals surface area contributed by atoms with Crippen molar-refractivity contribution in [1.82, 2.24) is 19.7 Å². The fourth-order valence-corrected chi connectivity index (χ4v) is 4.03. The van der Waals surface area contributed by atoms with E-state index in [0.29, 0.717) is 12.0 Å². The van der Waals surface area contributed by atoms with Crippen LogP contribution in [-0.2, 0) is 6.42 Å². The Balaban J connectivity index is 1.65. The van der Waals surface area contributed by atoms with E-state index in [-0.39, 0.29) is 6.04 Å². The van der Waals surface area contributed by atoms with E-state index < -0.39 is 0 Å². The van der Waals surface area contributed by atoms with Crippen LogP contribution >= 0.6 is 0 Å². The summed E-state index contributed by atoms with van der Waals surface area (Å²) in [5.74, 6) is 1.68. The van der Waals surface area contributed by atoms with E-state index in [1.165, 1.54) is 25.7 Å². The minimum atomic E-state index is 0.216. The van der Waals surface area contributed by atoms with Gasteiger partial charge in [-0.1, -0.05) is 0 Å². The summed E-state index contributed by atoms with van der Waals surface area (Å²) in [6.07, 6.45) is 7.72. The molecule has 112 valence electrons. The van der Waals surface area contributed by atoms with Crippen LogP contribution in [0.15, 0.2) is 6.33 Å². The van der Waals surface area contributed by atoms with Gasteiger partial charge in [-0.3, -0.25) is 0 Å². The van der Waals surface area contributed by atoms with Crippen LogP contribution in [0.25, 0.3) is 0 Å². The largest absolute Gasteiger partial charge is 0.327 e. The average molecular weight is 277 g/mol. The number of aromatic nitrogens is 3. The van der Waals surface area contributed by atoms with Gasteiger partial charge in [0.1, 0.15) is 12.2 Å². The molecule has 3 unspecified atom stereocenters. The predicted molar refractivity (Wildman–Crippen MR) is 79.4 cm³/mol. The topological polar surface area (TPSA) is 60.0 Å². The second-order valence-electron chi connectivity index (χ2n) is 6.86. The molecular weight excluding hydrogens is 250 g/mol. The number of hydrogen-bond donors (Lipinski definition) is 1. The maximum Gasteiger partial charge on any atom is 0.138 e. The molecule has 0 radical (unpaired) electrons. The van der Waals surface area contributed by atoms with Gasteiger partial charge in [0.2, 0.25) is 0 Å². The molecule has 0 amide bonds. The zero-order valence-electron chi connectivity index (χ0n) is 12.9. The minimum absolute atomic E-state index is 0.216. The van der Waals surface area contributed by atoms with Gasteiger partial charge in [-0.2, -0.15) is 5.10 Å². The number of nitrogens with two attached hydrogens (primary N) is 1. The second-order valence-corrected chi connectivity index (χ2v) is 6.86. The zero-order chi connectivity index (χ0) is 14.3. The fourth-order valence-electron chi connectivity index (χ4n) is 4.03. The number of fused-ring (bicyclic) bond motifs is 2. The van der Waals surface area contributed by atoms with Crippen LogP contribution in [0.4, 0.5) is 0 Å². The molecule has 2 aliphatic rings. The van der Waals surface area contributed by atoms with E-state index in [4.69, 9.17) is 5.73 Å². The molecule has 5 nitrogen and oxygen atoms in total. The molecule has 2 aliphatic heterocycles. The first-order valence-corrected chi connectivity index (χ1v) is 7.92. The summed E-state index contributed by atoms with van der Waals surface area (Å²) in [5, 5.41) is 4.31. The van der Waals surface area contributed by atoms with Crippen LogP contribution in [0.3, 0.4) is 0 Å². The summed E-state index contributed by atoms with van der Waals surface area (Å²) in [6, 6.07) is 2.09. The lowest BCUT2D eigenvalue weighted by Crippen LogP contribution is -2.46. The maximum atomic E-state index is 6.51. The molecule has 2 saturated heterocycles. The molecular formula is C15H27N5. The summed E-state index contributed by atoms with van der Waals surface area (Å²) in [4.78, 5) is 6.97. The van der Waals surface area contributed by atoms with E-state index in [1.54, 1.807) is 6.33 Å². The third-order valence-electron chi connectivity index (χ3n) is 5.29. The first-order valence-electron chi connectivity index (χ1n) is 7.92. The van der Waals surface area contributed by atoms with Gasteiger partial charge >= 0.3 is 0 Å². The summed E-state index contributed by atoms with van der Waals surface area (Å²) in [7, 11) is 2.28. The highest BCUT2D eigenvalue weighted by atomic mass is 15.3. The van der Waals surface area contributed by atoms with Gasteiger partial charge in [-0.15, -0.1) is 0 Å². The SMILES string of the molecule is CC(C)n1ncnc1CC(N)C1CC2CCC(C1)N2C. The van der Waals surface area contributed by atoms with Crippen molar-refractivity contribution >= 4 is 0 Å². The van der Waals surface area contributed by atoms with Gasteiger partial charge < -0.3 is 10.6 Å². The predicted octanol–water partition coefficient (Wildman–Crippen LogP) is 1.60. The molecule has 2 N–H and O–H groups in total. The molecule has 0 aromatic carbocycles. The van der Waals surface area contributed by atoms with Gasteiger partial charge in [-0.05, 0) is 52.5 Å². The molecule has 5 heteroatoms. The first-order chi connectivity index (χ1) is 9.56. The van der Waals surface area contributed by atoms with E-state index in [2.05, 4.69) is 35.9 Å². The van der Waals surface area contributed by atoms with Crippen molar-refractivity contribution in [3.05, 3.63) is 12.2 Å². The van der Waals surface area contributed by atoms with Crippen molar-refractivity contribution in [2.75, 3.05) is 7.05 Å². The zero-order valence-corrected chi connectivity index (χ0v) is 12.9. The Morgan fingerprint density at radius 3 is 2.55 bits per heavy atom. The van der Waals surface area contributed by atoms with Crippen LogP contribution in [0.2, 0.25) is 0 Å². The average Bonchev–Trinajstić information content (AvgIpc) is 2.91. The highest BCUT2D eigenvalue weighted by Crippen LogP contribution is 2.38. The number of nitrogens with zero attached hydrogens (tertiary/aromatic N) is 4. The summed E-state index contributed by atoms with van der Waals surface area (Å²) in [6.45, 7) is 4.28. The van der Waals surface area contributed by atoms with Gasteiger partial charge in [0, 0.05) is 30.6 Å². The summed E-state index contributed by atoms with van der Waals surface area (Å²) in [5.41, 5.74) is 6.51. The highest BCUT2D eigenvalue weighted by molar-refractivity contribution is 4.99. The Morgan fingerprint density at radius 2 is 1.95 bits per heavy atom. The molecule has 3 heterocycles. The quantitative estimate of drug-likeness (QED) is 0.908. The lowest BCUT2D eigenvalue weighted by molar-refractivity contribution is 0.120. The van der Waals surface area contributed by atoms with Crippen molar-refractivity contribution in [1.29, 1.82) is 0 Å². The third-order valence-corrected chi connectivity index (χ3v) is 5.29. The lowest BCUT2D eigenvalue weighted by Gasteiger charge is -2.38. The van der Waals surface area contributed by atoms with Crippen LogP contribution < -0.4 is 5.73 Å². The van der Waals surface area contributed by atoms with Gasteiger partial charge in [0.05, 0.1) is 0 Å². The maximum absolute atomic E-state index is 6.51. The normalized spacial score (nSPS) is 31.9. The Bertz CT molecular complexity index is 441. The van der Waals surface area contributed by atoms with E-state index in [9.17, 15) is 0 Å². The molecule has 2 bridgehead atoms. The van der Waals surface area contributed by atoms with Crippen molar-refractivity contribution in [2.24, 2.45) is 11.7 Å².